The highest BCUT2D eigenvalue weighted by Crippen LogP contribution is 2.28. The molecule has 0 saturated carbocycles. The Hall–Kier alpha value is -3.40. The van der Waals surface area contributed by atoms with E-state index in [1.54, 1.807) is 36.5 Å². The van der Waals surface area contributed by atoms with Crippen LogP contribution in [-0.2, 0) is 16.4 Å². The smallest absolute Gasteiger partial charge is 0.233 e. The molecule has 8 nitrogen and oxygen atoms in total. The quantitative estimate of drug-likeness (QED) is 0.560. The van der Waals surface area contributed by atoms with Crippen molar-refractivity contribution in [2.75, 3.05) is 6.26 Å². The average Bonchev–Trinajstić information content (AvgIpc) is 3.01. The lowest BCUT2D eigenvalue weighted by atomic mass is 10.2. The third kappa shape index (κ3) is 3.18. The van der Waals surface area contributed by atoms with Crippen LogP contribution < -0.4 is 0 Å². The van der Waals surface area contributed by atoms with Gasteiger partial charge in [0.1, 0.15) is 16.4 Å². The lowest BCUT2D eigenvalue weighted by molar-refractivity contribution is 0.435. The fraction of sp³-hybridized carbons (Fsp3) is 0.111. The van der Waals surface area contributed by atoms with Crippen LogP contribution in [0, 0.1) is 5.82 Å². The van der Waals surface area contributed by atoms with Crippen LogP contribution in [0.5, 0.6) is 5.88 Å². The predicted octanol–water partition coefficient (Wildman–Crippen LogP) is 2.18. The molecule has 0 unspecified atom stereocenters. The van der Waals surface area contributed by atoms with Gasteiger partial charge in [-0.15, -0.1) is 0 Å². The van der Waals surface area contributed by atoms with Gasteiger partial charge in [-0.1, -0.05) is 18.2 Å². The first-order valence-corrected chi connectivity index (χ1v) is 10.0. The van der Waals surface area contributed by atoms with Crippen LogP contribution >= 0.6 is 0 Å². The Balaban J connectivity index is 1.85. The summed E-state index contributed by atoms with van der Waals surface area (Å²) in [6.07, 6.45) is 3.56. The standard InChI is InChI=1S/C18H14FN5O3S/c1-28(26,27)14-9-21-16(22-18(14)25)15-12-6-4-8-20-17(12)24(23-15)10-11-5-2-3-7-13(11)19/h2-9H,10H2,1H3,(H,21,22,25). The zero-order valence-corrected chi connectivity index (χ0v) is 15.4. The number of sulfone groups is 1. The normalized spacial score (nSPS) is 11.8. The van der Waals surface area contributed by atoms with Gasteiger partial charge < -0.3 is 5.11 Å². The van der Waals surface area contributed by atoms with Crippen LogP contribution in [-0.4, -0.2) is 44.5 Å². The Morgan fingerprint density at radius 1 is 1.14 bits per heavy atom. The monoisotopic (exact) mass is 399 g/mol. The number of nitrogens with zero attached hydrogens (tertiary/aromatic N) is 5. The fourth-order valence-corrected chi connectivity index (χ4v) is 3.43. The number of hydrogen-bond acceptors (Lipinski definition) is 7. The van der Waals surface area contributed by atoms with Gasteiger partial charge in [0.15, 0.2) is 21.3 Å². The Labute approximate surface area is 159 Å². The van der Waals surface area contributed by atoms with Crippen molar-refractivity contribution in [3.63, 3.8) is 0 Å². The number of fused-ring (bicyclic) bond motifs is 1. The van der Waals surface area contributed by atoms with Crippen LogP contribution in [0.4, 0.5) is 4.39 Å². The molecule has 0 atom stereocenters. The third-order valence-corrected chi connectivity index (χ3v) is 5.22. The molecule has 3 aromatic heterocycles. The second kappa shape index (κ2) is 6.64. The highest BCUT2D eigenvalue weighted by molar-refractivity contribution is 7.90. The minimum atomic E-state index is -3.67. The van der Waals surface area contributed by atoms with E-state index in [0.717, 1.165) is 12.5 Å². The van der Waals surface area contributed by atoms with Gasteiger partial charge in [-0.3, -0.25) is 0 Å². The van der Waals surface area contributed by atoms with E-state index in [2.05, 4.69) is 20.1 Å². The van der Waals surface area contributed by atoms with Gasteiger partial charge in [0.05, 0.1) is 18.1 Å². The highest BCUT2D eigenvalue weighted by Gasteiger charge is 2.20. The Kier molecular flexibility index (Phi) is 4.27. The molecule has 142 valence electrons. The summed E-state index contributed by atoms with van der Waals surface area (Å²) in [6.45, 7) is 0.133. The zero-order valence-electron chi connectivity index (χ0n) is 14.6. The molecule has 0 saturated heterocycles. The van der Waals surface area contributed by atoms with E-state index < -0.39 is 15.7 Å². The molecule has 0 fully saturated rings. The number of aromatic hydroxyl groups is 1. The first-order valence-electron chi connectivity index (χ1n) is 8.16. The lowest BCUT2D eigenvalue weighted by Crippen LogP contribution is -2.05. The Bertz CT molecular complexity index is 1300. The topological polar surface area (TPSA) is 111 Å². The van der Waals surface area contributed by atoms with Crippen LogP contribution in [0.15, 0.2) is 53.7 Å². The number of hydrogen-bond donors (Lipinski definition) is 1. The molecule has 4 rings (SSSR count). The van der Waals surface area contributed by atoms with Crippen LogP contribution in [0.1, 0.15) is 5.56 Å². The fourth-order valence-electron chi connectivity index (χ4n) is 2.81. The summed E-state index contributed by atoms with van der Waals surface area (Å²) in [4.78, 5) is 11.8. The van der Waals surface area contributed by atoms with Gasteiger partial charge in [0.2, 0.25) is 5.88 Å². The Morgan fingerprint density at radius 2 is 1.93 bits per heavy atom. The van der Waals surface area contributed by atoms with E-state index in [1.165, 1.54) is 10.7 Å². The van der Waals surface area contributed by atoms with E-state index in [-0.39, 0.29) is 23.1 Å². The van der Waals surface area contributed by atoms with Gasteiger partial charge in [-0.05, 0) is 18.2 Å². The van der Waals surface area contributed by atoms with Crippen molar-refractivity contribution in [3.05, 3.63) is 60.2 Å². The van der Waals surface area contributed by atoms with Gasteiger partial charge in [0.25, 0.3) is 0 Å². The third-order valence-electron chi connectivity index (χ3n) is 4.13. The maximum atomic E-state index is 14.0. The number of aromatic nitrogens is 5. The molecule has 4 aromatic rings. The molecule has 0 amide bonds. The van der Waals surface area contributed by atoms with Crippen molar-refractivity contribution in [2.45, 2.75) is 11.4 Å². The van der Waals surface area contributed by atoms with Crippen molar-refractivity contribution in [3.8, 4) is 17.4 Å². The summed E-state index contributed by atoms with van der Waals surface area (Å²) in [5.41, 5.74) is 1.21. The summed E-state index contributed by atoms with van der Waals surface area (Å²) in [6, 6.07) is 9.78. The van der Waals surface area contributed by atoms with E-state index in [0.29, 0.717) is 22.3 Å². The van der Waals surface area contributed by atoms with Gasteiger partial charge in [-0.25, -0.2) is 27.5 Å². The first-order chi connectivity index (χ1) is 13.3. The minimum Gasteiger partial charge on any atom is -0.492 e. The molecule has 0 aliphatic rings. The molecule has 1 N–H and O–H groups in total. The molecule has 0 aliphatic carbocycles. The first kappa shape index (κ1) is 18.0. The lowest BCUT2D eigenvalue weighted by Gasteiger charge is -2.04. The van der Waals surface area contributed by atoms with Crippen molar-refractivity contribution in [1.82, 2.24) is 24.7 Å². The van der Waals surface area contributed by atoms with Gasteiger partial charge >= 0.3 is 0 Å². The van der Waals surface area contributed by atoms with E-state index in [1.807, 2.05) is 0 Å². The molecule has 0 spiro atoms. The summed E-state index contributed by atoms with van der Waals surface area (Å²) in [5, 5.41) is 15.0. The molecule has 0 radical (unpaired) electrons. The number of benzene rings is 1. The summed E-state index contributed by atoms with van der Waals surface area (Å²) < 4.78 is 38.8. The van der Waals surface area contributed by atoms with Crippen molar-refractivity contribution < 1.29 is 17.9 Å². The molecule has 28 heavy (non-hydrogen) atoms. The van der Waals surface area contributed by atoms with Crippen LogP contribution in [0.3, 0.4) is 0 Å². The number of rotatable bonds is 4. The molecule has 3 heterocycles. The molecule has 0 bridgehead atoms. The van der Waals surface area contributed by atoms with E-state index >= 15 is 0 Å². The van der Waals surface area contributed by atoms with Crippen LogP contribution in [0.25, 0.3) is 22.6 Å². The van der Waals surface area contributed by atoms with E-state index in [9.17, 15) is 17.9 Å². The largest absolute Gasteiger partial charge is 0.492 e. The number of pyridine rings is 1. The Morgan fingerprint density at radius 3 is 2.64 bits per heavy atom. The molecular formula is C18H14FN5O3S. The second-order valence-corrected chi connectivity index (χ2v) is 8.11. The van der Waals surface area contributed by atoms with Crippen LogP contribution in [0.2, 0.25) is 0 Å². The van der Waals surface area contributed by atoms with Gasteiger partial charge in [-0.2, -0.15) is 10.1 Å². The van der Waals surface area contributed by atoms with E-state index in [4.69, 9.17) is 0 Å². The SMILES string of the molecule is CS(=O)(=O)c1cnc(-c2nn(Cc3ccccc3F)c3ncccc23)nc1O. The van der Waals surface area contributed by atoms with Crippen molar-refractivity contribution in [1.29, 1.82) is 0 Å². The highest BCUT2D eigenvalue weighted by atomic mass is 32.2. The summed E-state index contributed by atoms with van der Waals surface area (Å²) in [5.74, 6) is -0.988. The number of halogens is 1. The molecule has 1 aromatic carbocycles. The van der Waals surface area contributed by atoms with Gasteiger partial charge in [0, 0.05) is 18.0 Å². The molecular weight excluding hydrogens is 385 g/mol. The zero-order chi connectivity index (χ0) is 19.9. The molecule has 0 aliphatic heterocycles. The molecule has 10 heteroatoms. The average molecular weight is 399 g/mol. The summed E-state index contributed by atoms with van der Waals surface area (Å²) in [7, 11) is -3.67. The summed E-state index contributed by atoms with van der Waals surface area (Å²) >= 11 is 0. The maximum Gasteiger partial charge on any atom is 0.233 e. The van der Waals surface area contributed by atoms with Crippen molar-refractivity contribution in [2.24, 2.45) is 0 Å². The minimum absolute atomic E-state index is 0.0372. The predicted molar refractivity (Wildman–Crippen MR) is 98.8 cm³/mol. The van der Waals surface area contributed by atoms with Crippen molar-refractivity contribution >= 4 is 20.9 Å². The maximum absolute atomic E-state index is 14.0. The second-order valence-electron chi connectivity index (χ2n) is 6.13.